The molecule has 32 heavy (non-hydrogen) atoms. The number of hydrogen-bond acceptors (Lipinski definition) is 4. The van der Waals surface area contributed by atoms with Crippen molar-refractivity contribution in [3.63, 3.8) is 0 Å². The maximum absolute atomic E-state index is 12.0. The molecule has 0 saturated carbocycles. The van der Waals surface area contributed by atoms with Crippen molar-refractivity contribution in [3.05, 3.63) is 76.4 Å². The third-order valence-corrected chi connectivity index (χ3v) is 5.27. The van der Waals surface area contributed by atoms with Crippen LogP contribution in [0.3, 0.4) is 0 Å². The molecule has 0 fully saturated rings. The lowest BCUT2D eigenvalue weighted by Gasteiger charge is -1.98. The fourth-order valence-corrected chi connectivity index (χ4v) is 3.87. The standard InChI is InChI=1S/C24H18N4O4/c29-22(30)8-6-19-21-7-5-17(27-21)10-15-2-1-13(25-15)9-14-3-4-16(26-14)11-18-12-20(24(31)32)23(19)28-18/h3-12,26,28H,1-2H2,(H,29,30)(H,31,32)/b8-6+,13-9?,14-9?,15-10?,16-11?,17-10?,18-11?,21-19?,23-19?. The largest absolute Gasteiger partial charge is 0.478 e. The number of aromatic nitrogens is 4. The third kappa shape index (κ3) is 3.81. The second kappa shape index (κ2) is 7.66. The van der Waals surface area contributed by atoms with E-state index >= 15 is 0 Å². The third-order valence-electron chi connectivity index (χ3n) is 5.27. The van der Waals surface area contributed by atoms with E-state index in [0.717, 1.165) is 41.3 Å². The number of aromatic carboxylic acids is 1. The van der Waals surface area contributed by atoms with E-state index in [9.17, 15) is 14.7 Å². The van der Waals surface area contributed by atoms with Gasteiger partial charge in [0.25, 0.3) is 0 Å². The lowest BCUT2D eigenvalue weighted by molar-refractivity contribution is -0.131. The minimum atomic E-state index is -1.14. The summed E-state index contributed by atoms with van der Waals surface area (Å²) in [5.74, 6) is -2.27. The van der Waals surface area contributed by atoms with E-state index in [4.69, 9.17) is 5.11 Å². The Kier molecular flexibility index (Phi) is 4.67. The molecule has 3 aromatic rings. The maximum atomic E-state index is 12.0. The number of carbonyl (C=O) groups is 2. The Bertz CT molecular complexity index is 1490. The maximum Gasteiger partial charge on any atom is 0.337 e. The van der Waals surface area contributed by atoms with Crippen molar-refractivity contribution in [3.8, 4) is 0 Å². The van der Waals surface area contributed by atoms with Crippen LogP contribution in [0.15, 0.2) is 42.5 Å². The Labute approximate surface area is 181 Å². The molecule has 158 valence electrons. The minimum absolute atomic E-state index is 0.0245. The molecule has 3 aromatic heterocycles. The van der Waals surface area contributed by atoms with Gasteiger partial charge in [-0.1, -0.05) is 0 Å². The average molecular weight is 426 g/mol. The number of carboxylic acid groups (broad SMARTS) is 2. The highest BCUT2D eigenvalue weighted by molar-refractivity contribution is 6.02. The SMILES string of the molecule is O=C(O)/C=C/c1c2nc(cc3nc(cc4ccc(cc5cc(C(=O)O)c1[nH]5)[nH]4)CC3)C=C2. The summed E-state index contributed by atoms with van der Waals surface area (Å²) >= 11 is 0. The number of nitrogens with zero attached hydrogens (tertiary/aromatic N) is 2. The zero-order valence-electron chi connectivity index (χ0n) is 16.8. The highest BCUT2D eigenvalue weighted by atomic mass is 16.4. The number of fused-ring (bicyclic) bond motifs is 8. The number of carboxylic acids is 2. The van der Waals surface area contributed by atoms with Crippen LogP contribution in [0.25, 0.3) is 40.3 Å². The van der Waals surface area contributed by atoms with Crippen molar-refractivity contribution in [2.24, 2.45) is 0 Å². The normalized spacial score (nSPS) is 13.0. The molecule has 0 spiro atoms. The van der Waals surface area contributed by atoms with Gasteiger partial charge in [0.1, 0.15) is 0 Å². The van der Waals surface area contributed by atoms with Crippen molar-refractivity contribution in [2.45, 2.75) is 12.8 Å². The number of nitrogens with one attached hydrogen (secondary N) is 2. The van der Waals surface area contributed by atoms with E-state index < -0.39 is 11.9 Å². The van der Waals surface area contributed by atoms with Gasteiger partial charge >= 0.3 is 11.9 Å². The minimum Gasteiger partial charge on any atom is -0.478 e. The summed E-state index contributed by atoms with van der Waals surface area (Å²) in [7, 11) is 0. The van der Waals surface area contributed by atoms with Gasteiger partial charge in [-0.25, -0.2) is 14.6 Å². The zero-order chi connectivity index (χ0) is 22.2. The molecule has 4 N–H and O–H groups in total. The second-order valence-electron chi connectivity index (χ2n) is 7.56. The Morgan fingerprint density at radius 2 is 1.62 bits per heavy atom. The van der Waals surface area contributed by atoms with E-state index in [1.165, 1.54) is 12.1 Å². The van der Waals surface area contributed by atoms with E-state index in [-0.39, 0.29) is 11.1 Å². The Morgan fingerprint density at radius 3 is 2.38 bits per heavy atom. The highest BCUT2D eigenvalue weighted by Crippen LogP contribution is 2.25. The molecule has 2 aliphatic rings. The molecule has 8 heteroatoms. The molecule has 0 atom stereocenters. The summed E-state index contributed by atoms with van der Waals surface area (Å²) in [5, 5.41) is 18.9. The smallest absolute Gasteiger partial charge is 0.337 e. The van der Waals surface area contributed by atoms with Crippen molar-refractivity contribution >= 4 is 52.2 Å². The molecule has 0 radical (unpaired) electrons. The molecule has 5 heterocycles. The van der Waals surface area contributed by atoms with Crippen LogP contribution in [-0.4, -0.2) is 42.1 Å². The molecular weight excluding hydrogens is 408 g/mol. The van der Waals surface area contributed by atoms with Crippen molar-refractivity contribution in [1.29, 1.82) is 0 Å². The van der Waals surface area contributed by atoms with Crippen molar-refractivity contribution in [1.82, 2.24) is 19.9 Å². The first-order valence-corrected chi connectivity index (χ1v) is 10.00. The van der Waals surface area contributed by atoms with Crippen LogP contribution in [-0.2, 0) is 17.6 Å². The number of H-pyrrole nitrogens is 2. The van der Waals surface area contributed by atoms with Gasteiger partial charge < -0.3 is 20.2 Å². The monoisotopic (exact) mass is 426 g/mol. The molecule has 8 bridgehead atoms. The molecule has 0 amide bonds. The van der Waals surface area contributed by atoms with Gasteiger partial charge in [-0.3, -0.25) is 4.98 Å². The van der Waals surface area contributed by atoms with Gasteiger partial charge in [0.2, 0.25) is 0 Å². The summed E-state index contributed by atoms with van der Waals surface area (Å²) in [6.45, 7) is 0. The molecule has 5 rings (SSSR count). The van der Waals surface area contributed by atoms with Crippen LogP contribution in [0.5, 0.6) is 0 Å². The number of rotatable bonds is 3. The van der Waals surface area contributed by atoms with Crippen molar-refractivity contribution < 1.29 is 19.8 Å². The van der Waals surface area contributed by atoms with E-state index in [2.05, 4.69) is 19.9 Å². The van der Waals surface area contributed by atoms with Crippen LogP contribution in [0.4, 0.5) is 0 Å². The molecule has 0 aromatic carbocycles. The van der Waals surface area contributed by atoms with Crippen LogP contribution in [0.2, 0.25) is 0 Å². The molecule has 0 saturated heterocycles. The predicted octanol–water partition coefficient (Wildman–Crippen LogP) is 4.07. The molecule has 0 unspecified atom stereocenters. The molecule has 0 aliphatic carbocycles. The first-order valence-electron chi connectivity index (χ1n) is 10.00. The first-order chi connectivity index (χ1) is 15.4. The first kappa shape index (κ1) is 19.5. The quantitative estimate of drug-likeness (QED) is 0.365. The number of hydrogen-bond donors (Lipinski definition) is 4. The van der Waals surface area contributed by atoms with Gasteiger partial charge in [0, 0.05) is 39.6 Å². The van der Waals surface area contributed by atoms with Crippen LogP contribution >= 0.6 is 0 Å². The van der Waals surface area contributed by atoms with Gasteiger partial charge in [0.05, 0.1) is 22.5 Å². The van der Waals surface area contributed by atoms with E-state index in [0.29, 0.717) is 22.5 Å². The summed E-state index contributed by atoms with van der Waals surface area (Å²) in [4.78, 5) is 38.8. The number of aliphatic carboxylic acids is 1. The summed E-state index contributed by atoms with van der Waals surface area (Å²) < 4.78 is 0. The van der Waals surface area contributed by atoms with Crippen molar-refractivity contribution in [2.75, 3.05) is 0 Å². The van der Waals surface area contributed by atoms with Gasteiger partial charge in [-0.2, -0.15) is 0 Å². The summed E-state index contributed by atoms with van der Waals surface area (Å²) in [5.41, 5.74) is 5.94. The Hall–Kier alpha value is -4.46. The topological polar surface area (TPSA) is 132 Å². The average Bonchev–Trinajstić information content (AvgIpc) is 3.51. The van der Waals surface area contributed by atoms with Gasteiger partial charge in [-0.15, -0.1) is 0 Å². The second-order valence-corrected chi connectivity index (χ2v) is 7.56. The van der Waals surface area contributed by atoms with Crippen LogP contribution < -0.4 is 0 Å². The van der Waals surface area contributed by atoms with Crippen LogP contribution in [0, 0.1) is 0 Å². The fourth-order valence-electron chi connectivity index (χ4n) is 3.87. The lowest BCUT2D eigenvalue weighted by atomic mass is 10.1. The lowest BCUT2D eigenvalue weighted by Crippen LogP contribution is -1.96. The fraction of sp³-hybridized carbons (Fsp3) is 0.0833. The number of aromatic amines is 2. The highest BCUT2D eigenvalue weighted by Gasteiger charge is 2.15. The van der Waals surface area contributed by atoms with Crippen LogP contribution in [0.1, 0.15) is 38.7 Å². The van der Waals surface area contributed by atoms with E-state index in [1.54, 1.807) is 18.2 Å². The number of aryl methyl sites for hydroxylation is 2. The van der Waals surface area contributed by atoms with Gasteiger partial charge in [-0.05, 0) is 67.5 Å². The Balaban J connectivity index is 1.92. The molecular formula is C24H18N4O4. The zero-order valence-corrected chi connectivity index (χ0v) is 16.8. The van der Waals surface area contributed by atoms with Gasteiger partial charge in [0.15, 0.2) is 0 Å². The summed E-state index contributed by atoms with van der Waals surface area (Å²) in [6.07, 6.45) is 7.50. The molecule has 2 aliphatic heterocycles. The predicted molar refractivity (Wildman–Crippen MR) is 121 cm³/mol. The van der Waals surface area contributed by atoms with E-state index in [1.807, 2.05) is 24.3 Å². The Morgan fingerprint density at radius 1 is 0.875 bits per heavy atom. The summed E-state index contributed by atoms with van der Waals surface area (Å²) in [6, 6.07) is 11.0. The molecule has 8 nitrogen and oxygen atoms in total.